The van der Waals surface area contributed by atoms with E-state index in [1.54, 1.807) is 13.8 Å². The van der Waals surface area contributed by atoms with E-state index in [0.29, 0.717) is 0 Å². The average Bonchev–Trinajstić information content (AvgIpc) is 3.00. The van der Waals surface area contributed by atoms with Crippen molar-refractivity contribution in [2.24, 2.45) is 11.0 Å². The van der Waals surface area contributed by atoms with Crippen LogP contribution < -0.4 is 11.2 Å². The Labute approximate surface area is 182 Å². The second-order valence-corrected chi connectivity index (χ2v) is 9.13. The van der Waals surface area contributed by atoms with E-state index in [-0.39, 0.29) is 26.2 Å². The molecule has 2 aliphatic heterocycles. The summed E-state index contributed by atoms with van der Waals surface area (Å²) in [6.07, 6.45) is -1.68. The summed E-state index contributed by atoms with van der Waals surface area (Å²) < 4.78 is 41.0. The number of hydrogen-bond donors (Lipinski definition) is 1. The number of H-pyrrole nitrogens is 1. The first-order chi connectivity index (χ1) is 15.1. The van der Waals surface area contributed by atoms with Crippen LogP contribution in [0, 0.1) is 5.92 Å². The zero-order chi connectivity index (χ0) is 23.5. The fourth-order valence-electron chi connectivity index (χ4n) is 3.50. The second-order valence-electron chi connectivity index (χ2n) is 7.50. The number of carbonyl (C=O) groups excluding carboxylic acids is 1. The van der Waals surface area contributed by atoms with E-state index in [1.807, 2.05) is 0 Å². The molecule has 2 aliphatic rings. The van der Waals surface area contributed by atoms with Crippen molar-refractivity contribution in [3.05, 3.63) is 43.5 Å². The fourth-order valence-corrected chi connectivity index (χ4v) is 4.98. The topological polar surface area (TPSA) is 184 Å². The number of esters is 1. The normalized spacial score (nSPS) is 32.5. The number of fused-ring (bicyclic) bond motifs is 1. The Kier molecular flexibility index (Phi) is 7.23. The number of aromatic nitrogens is 2. The van der Waals surface area contributed by atoms with Crippen LogP contribution in [0.15, 0.2) is 27.0 Å². The first-order valence-corrected chi connectivity index (χ1v) is 11.4. The Balaban J connectivity index is 1.77. The molecule has 2 fully saturated rings. The second kappa shape index (κ2) is 9.57. The summed E-state index contributed by atoms with van der Waals surface area (Å²) in [5.74, 6) is -0.895. The number of nitrogens with zero attached hydrogens (tertiary/aromatic N) is 4. The molecule has 1 N–H and O–H groups in total. The van der Waals surface area contributed by atoms with E-state index < -0.39 is 54.9 Å². The molecule has 3 rings (SSSR count). The van der Waals surface area contributed by atoms with Crippen LogP contribution in [0.25, 0.3) is 10.4 Å². The molecule has 1 aromatic rings. The van der Waals surface area contributed by atoms with Crippen molar-refractivity contribution >= 4 is 13.8 Å². The Hall–Kier alpha value is -2.47. The van der Waals surface area contributed by atoms with Gasteiger partial charge in [-0.15, -0.1) is 0 Å². The minimum absolute atomic E-state index is 0.115. The maximum Gasteiger partial charge on any atom is 0.475 e. The average molecular weight is 473 g/mol. The predicted molar refractivity (Wildman–Crippen MR) is 108 cm³/mol. The lowest BCUT2D eigenvalue weighted by atomic mass is 9.93. The Morgan fingerprint density at radius 2 is 2.28 bits per heavy atom. The molecule has 176 valence electrons. The van der Waals surface area contributed by atoms with Crippen LogP contribution in [-0.2, 0) is 32.4 Å². The van der Waals surface area contributed by atoms with Gasteiger partial charge in [0.05, 0.1) is 25.7 Å². The molecule has 0 amide bonds. The van der Waals surface area contributed by atoms with E-state index >= 15 is 0 Å². The Morgan fingerprint density at radius 1 is 1.53 bits per heavy atom. The molecule has 15 heteroatoms. The molecule has 0 aliphatic carbocycles. The highest BCUT2D eigenvalue weighted by Crippen LogP contribution is 2.59. The molecule has 32 heavy (non-hydrogen) atoms. The van der Waals surface area contributed by atoms with Crippen molar-refractivity contribution in [1.82, 2.24) is 9.55 Å². The van der Waals surface area contributed by atoms with Gasteiger partial charge in [0.1, 0.15) is 17.7 Å². The summed E-state index contributed by atoms with van der Waals surface area (Å²) in [6.45, 7) is 4.72. The summed E-state index contributed by atoms with van der Waals surface area (Å²) in [5.41, 5.74) is 6.20. The molecule has 3 heterocycles. The number of nitrogens with one attached hydrogen (secondary N) is 1. The number of rotatable bonds is 8. The van der Waals surface area contributed by atoms with E-state index in [0.717, 1.165) is 10.6 Å². The molecule has 0 aromatic carbocycles. The number of ether oxygens (including phenoxy) is 2. The van der Waals surface area contributed by atoms with Gasteiger partial charge in [0.2, 0.25) is 0 Å². The van der Waals surface area contributed by atoms with E-state index in [2.05, 4.69) is 15.0 Å². The summed E-state index contributed by atoms with van der Waals surface area (Å²) in [7, 11) is -4.09. The lowest BCUT2D eigenvalue weighted by Gasteiger charge is -2.35. The highest BCUT2D eigenvalue weighted by molar-refractivity contribution is 7.48. The van der Waals surface area contributed by atoms with Crippen LogP contribution >= 0.6 is 7.82 Å². The quantitative estimate of drug-likeness (QED) is 0.193. The van der Waals surface area contributed by atoms with Crippen molar-refractivity contribution in [2.45, 2.75) is 51.2 Å². The maximum absolute atomic E-state index is 13.0. The Bertz CT molecular complexity index is 1070. The molecule has 0 saturated carbocycles. The first kappa shape index (κ1) is 24.2. The van der Waals surface area contributed by atoms with Gasteiger partial charge in [-0.3, -0.25) is 32.7 Å². The lowest BCUT2D eigenvalue weighted by Crippen LogP contribution is -2.47. The molecule has 1 unspecified atom stereocenters. The van der Waals surface area contributed by atoms with Crippen LogP contribution in [0.4, 0.5) is 0 Å². The highest BCUT2D eigenvalue weighted by Gasteiger charge is 2.60. The number of azide groups is 1. The first-order valence-electron chi connectivity index (χ1n) is 9.91. The lowest BCUT2D eigenvalue weighted by molar-refractivity contribution is -0.147. The molecule has 2 saturated heterocycles. The third kappa shape index (κ3) is 4.80. The van der Waals surface area contributed by atoms with Gasteiger partial charge < -0.3 is 9.47 Å². The summed E-state index contributed by atoms with van der Waals surface area (Å²) in [5, 5.41) is 3.76. The summed E-state index contributed by atoms with van der Waals surface area (Å²) in [4.78, 5) is 40.3. The minimum Gasteiger partial charge on any atom is -0.466 e. The van der Waals surface area contributed by atoms with Gasteiger partial charge >= 0.3 is 19.5 Å². The standard InChI is InChI=1S/C17H24N5O9P/c1-4-27-14(24)10(2)6-8-28-32(26)29-9-11-13(31-32)17(3,20-21-18)15(30-11)22-7-5-12(23)19-16(22)25/h5,7,10-11,13,15H,4,6,8-9H2,1-3H3,(H,19,23,25)/t10?,11-,13-,15-,17-,32-/m1/s1. The van der Waals surface area contributed by atoms with Gasteiger partial charge in [-0.25, -0.2) is 9.36 Å². The zero-order valence-corrected chi connectivity index (χ0v) is 18.6. The molecule has 14 nitrogen and oxygen atoms in total. The smallest absolute Gasteiger partial charge is 0.466 e. The van der Waals surface area contributed by atoms with Crippen LogP contribution in [0.5, 0.6) is 0 Å². The number of aromatic amines is 1. The SMILES string of the molecule is CCOC(=O)C(C)CCO[P@]1(=O)OC[C@H]2O[C@@H](n3ccc(=O)[nH]c3=O)[C@](C)(N=[N+]=[N-])[C@@H]2O1. The third-order valence-electron chi connectivity index (χ3n) is 5.21. The fraction of sp³-hybridized carbons (Fsp3) is 0.706. The molecule has 6 atom stereocenters. The van der Waals surface area contributed by atoms with Gasteiger partial charge in [-0.2, -0.15) is 0 Å². The van der Waals surface area contributed by atoms with Crippen molar-refractivity contribution in [3.8, 4) is 0 Å². The van der Waals surface area contributed by atoms with Gasteiger partial charge in [0.15, 0.2) is 6.23 Å². The molecule has 0 bridgehead atoms. The summed E-state index contributed by atoms with van der Waals surface area (Å²) in [6, 6.07) is 1.11. The Morgan fingerprint density at radius 3 is 2.94 bits per heavy atom. The minimum atomic E-state index is -4.09. The number of hydrogen-bond acceptors (Lipinski definition) is 10. The van der Waals surface area contributed by atoms with Gasteiger partial charge in [0, 0.05) is 17.2 Å². The molecule has 0 spiro atoms. The number of phosphoric acid groups is 1. The number of carbonyl (C=O) groups is 1. The zero-order valence-electron chi connectivity index (χ0n) is 17.7. The third-order valence-corrected chi connectivity index (χ3v) is 6.66. The molecular weight excluding hydrogens is 449 g/mol. The van der Waals surface area contributed by atoms with E-state index in [4.69, 9.17) is 28.6 Å². The largest absolute Gasteiger partial charge is 0.475 e. The molecule has 0 radical (unpaired) electrons. The van der Waals surface area contributed by atoms with Gasteiger partial charge in [0.25, 0.3) is 5.56 Å². The van der Waals surface area contributed by atoms with Crippen molar-refractivity contribution < 1.29 is 32.4 Å². The van der Waals surface area contributed by atoms with Gasteiger partial charge in [-0.1, -0.05) is 12.0 Å². The van der Waals surface area contributed by atoms with E-state index in [1.165, 1.54) is 13.1 Å². The van der Waals surface area contributed by atoms with Crippen molar-refractivity contribution in [3.63, 3.8) is 0 Å². The monoisotopic (exact) mass is 473 g/mol. The van der Waals surface area contributed by atoms with Crippen LogP contribution in [0.3, 0.4) is 0 Å². The van der Waals surface area contributed by atoms with E-state index in [9.17, 15) is 18.9 Å². The maximum atomic E-state index is 13.0. The van der Waals surface area contributed by atoms with Crippen LogP contribution in [0.1, 0.15) is 33.4 Å². The highest BCUT2D eigenvalue weighted by atomic mass is 31.2. The number of phosphoric ester groups is 1. The van der Waals surface area contributed by atoms with Crippen molar-refractivity contribution in [1.29, 1.82) is 0 Å². The van der Waals surface area contributed by atoms with Crippen molar-refractivity contribution in [2.75, 3.05) is 19.8 Å². The molecule has 1 aromatic heterocycles. The van der Waals surface area contributed by atoms with Crippen LogP contribution in [0.2, 0.25) is 0 Å². The predicted octanol–water partition coefficient (Wildman–Crippen LogP) is 1.63. The van der Waals surface area contributed by atoms with Gasteiger partial charge in [-0.05, 0) is 25.8 Å². The summed E-state index contributed by atoms with van der Waals surface area (Å²) >= 11 is 0. The molecular formula is C17H24N5O9P. The van der Waals surface area contributed by atoms with Crippen LogP contribution in [-0.4, -0.2) is 53.1 Å².